The van der Waals surface area contributed by atoms with Crippen molar-refractivity contribution in [1.29, 1.82) is 0 Å². The Bertz CT molecular complexity index is 1470. The maximum Gasteiger partial charge on any atom is 0.287 e. The highest BCUT2D eigenvalue weighted by molar-refractivity contribution is 6.42. The van der Waals surface area contributed by atoms with Crippen LogP contribution in [-0.2, 0) is 6.54 Å². The fourth-order valence-corrected chi connectivity index (χ4v) is 3.75. The summed E-state index contributed by atoms with van der Waals surface area (Å²) in [5, 5.41) is 3.75. The van der Waals surface area contributed by atoms with E-state index in [1.165, 1.54) is 0 Å². The highest BCUT2D eigenvalue weighted by atomic mass is 35.5. The lowest BCUT2D eigenvalue weighted by atomic mass is 10.1. The van der Waals surface area contributed by atoms with Crippen LogP contribution in [0.2, 0.25) is 10.0 Å². The van der Waals surface area contributed by atoms with Crippen molar-refractivity contribution in [2.45, 2.75) is 13.5 Å². The van der Waals surface area contributed by atoms with Crippen LogP contribution in [0.4, 0.5) is 0 Å². The standard InChI is InChI=1S/C26H18Cl2N2O3/c1-15-2-9-21-24(12-15)33-26(30-21)17-5-3-16(4-6-17)14-29-25(31)23-11-10-22(32-23)18-7-8-19(27)20(28)13-18/h2-13H,14H2,1H3,(H,29,31). The summed E-state index contributed by atoms with van der Waals surface area (Å²) in [6, 6.07) is 22.2. The Morgan fingerprint density at radius 2 is 1.67 bits per heavy atom. The summed E-state index contributed by atoms with van der Waals surface area (Å²) in [7, 11) is 0. The summed E-state index contributed by atoms with van der Waals surface area (Å²) in [6.45, 7) is 2.37. The van der Waals surface area contributed by atoms with E-state index in [4.69, 9.17) is 32.0 Å². The zero-order chi connectivity index (χ0) is 22.9. The minimum absolute atomic E-state index is 0.217. The Balaban J connectivity index is 1.24. The Morgan fingerprint density at radius 1 is 0.879 bits per heavy atom. The van der Waals surface area contributed by atoms with Crippen LogP contribution in [0.3, 0.4) is 0 Å². The van der Waals surface area contributed by atoms with E-state index in [9.17, 15) is 4.79 Å². The molecule has 0 bridgehead atoms. The van der Waals surface area contributed by atoms with Gasteiger partial charge in [-0.2, -0.15) is 0 Å². The molecule has 5 rings (SSSR count). The normalized spacial score (nSPS) is 11.1. The number of nitrogens with one attached hydrogen (secondary N) is 1. The minimum atomic E-state index is -0.306. The second kappa shape index (κ2) is 8.77. The molecule has 1 amide bonds. The molecule has 5 aromatic rings. The SMILES string of the molecule is Cc1ccc2nc(-c3ccc(CNC(=O)c4ccc(-c5ccc(Cl)c(Cl)c5)o4)cc3)oc2c1. The first-order valence-electron chi connectivity index (χ1n) is 10.3. The molecule has 0 saturated heterocycles. The van der Waals surface area contributed by atoms with Gasteiger partial charge < -0.3 is 14.2 Å². The van der Waals surface area contributed by atoms with Crippen molar-refractivity contribution < 1.29 is 13.6 Å². The average Bonchev–Trinajstić information content (AvgIpc) is 3.47. The van der Waals surface area contributed by atoms with Gasteiger partial charge in [0.15, 0.2) is 11.3 Å². The van der Waals surface area contributed by atoms with Gasteiger partial charge in [0.25, 0.3) is 5.91 Å². The number of nitrogens with zero attached hydrogens (tertiary/aromatic N) is 1. The summed E-state index contributed by atoms with van der Waals surface area (Å²) in [5.74, 6) is 1.02. The molecule has 0 aliphatic carbocycles. The third-order valence-corrected chi connectivity index (χ3v) is 5.97. The van der Waals surface area contributed by atoms with E-state index in [-0.39, 0.29) is 11.7 Å². The van der Waals surface area contributed by atoms with Crippen LogP contribution < -0.4 is 5.32 Å². The van der Waals surface area contributed by atoms with Crippen molar-refractivity contribution in [1.82, 2.24) is 10.3 Å². The Hall–Kier alpha value is -3.54. The van der Waals surface area contributed by atoms with Gasteiger partial charge >= 0.3 is 0 Å². The lowest BCUT2D eigenvalue weighted by Crippen LogP contribution is -2.22. The third-order valence-electron chi connectivity index (χ3n) is 5.23. The molecular formula is C26H18Cl2N2O3. The van der Waals surface area contributed by atoms with Crippen LogP contribution in [-0.4, -0.2) is 10.9 Å². The number of amides is 1. The third kappa shape index (κ3) is 4.51. The molecule has 0 spiro atoms. The van der Waals surface area contributed by atoms with E-state index in [2.05, 4.69) is 10.3 Å². The molecule has 0 atom stereocenters. The molecule has 0 saturated carbocycles. The maximum absolute atomic E-state index is 12.5. The van der Waals surface area contributed by atoms with Crippen molar-refractivity contribution in [3.63, 3.8) is 0 Å². The molecule has 1 N–H and O–H groups in total. The maximum atomic E-state index is 12.5. The average molecular weight is 477 g/mol. The number of aromatic nitrogens is 1. The van der Waals surface area contributed by atoms with Crippen LogP contribution in [0, 0.1) is 6.92 Å². The Kier molecular flexibility index (Phi) is 5.67. The van der Waals surface area contributed by atoms with Crippen LogP contribution in [0.25, 0.3) is 33.9 Å². The second-order valence-corrected chi connectivity index (χ2v) is 8.48. The van der Waals surface area contributed by atoms with Crippen LogP contribution in [0.15, 0.2) is 81.6 Å². The van der Waals surface area contributed by atoms with Gasteiger partial charge in [0.2, 0.25) is 5.89 Å². The number of aryl methyl sites for hydroxylation is 1. The number of furan rings is 1. The number of fused-ring (bicyclic) bond motifs is 1. The molecule has 0 fully saturated rings. The highest BCUT2D eigenvalue weighted by Gasteiger charge is 2.13. The predicted octanol–water partition coefficient (Wildman–Crippen LogP) is 7.30. The summed E-state index contributed by atoms with van der Waals surface area (Å²) in [5.41, 5.74) is 5.27. The lowest BCUT2D eigenvalue weighted by Gasteiger charge is -2.05. The number of halogens is 2. The molecule has 5 nitrogen and oxygen atoms in total. The number of carbonyl (C=O) groups excluding carboxylic acids is 1. The van der Waals surface area contributed by atoms with Gasteiger partial charge in [0.1, 0.15) is 11.3 Å². The summed E-state index contributed by atoms with van der Waals surface area (Å²) in [6.07, 6.45) is 0. The smallest absolute Gasteiger partial charge is 0.287 e. The van der Waals surface area contributed by atoms with Gasteiger partial charge in [-0.25, -0.2) is 4.98 Å². The van der Waals surface area contributed by atoms with Gasteiger partial charge in [0, 0.05) is 17.7 Å². The monoisotopic (exact) mass is 476 g/mol. The quantitative estimate of drug-likeness (QED) is 0.288. The largest absolute Gasteiger partial charge is 0.451 e. The zero-order valence-electron chi connectivity index (χ0n) is 17.6. The van der Waals surface area contributed by atoms with Crippen molar-refractivity contribution in [3.05, 3.63) is 99.7 Å². The van der Waals surface area contributed by atoms with Crippen molar-refractivity contribution in [2.24, 2.45) is 0 Å². The van der Waals surface area contributed by atoms with Crippen LogP contribution in [0.1, 0.15) is 21.7 Å². The van der Waals surface area contributed by atoms with Crippen molar-refractivity contribution in [3.8, 4) is 22.8 Å². The van der Waals surface area contributed by atoms with E-state index >= 15 is 0 Å². The van der Waals surface area contributed by atoms with E-state index in [1.54, 1.807) is 30.3 Å². The molecule has 2 aromatic heterocycles. The molecule has 0 aliphatic heterocycles. The van der Waals surface area contributed by atoms with E-state index in [0.29, 0.717) is 28.2 Å². The molecule has 0 unspecified atom stereocenters. The van der Waals surface area contributed by atoms with Gasteiger partial charge in [-0.15, -0.1) is 0 Å². The van der Waals surface area contributed by atoms with Gasteiger partial charge in [0.05, 0.1) is 10.0 Å². The number of benzene rings is 3. The highest BCUT2D eigenvalue weighted by Crippen LogP contribution is 2.30. The molecule has 3 aromatic carbocycles. The minimum Gasteiger partial charge on any atom is -0.451 e. The molecule has 33 heavy (non-hydrogen) atoms. The number of rotatable bonds is 5. The molecule has 0 radical (unpaired) electrons. The Morgan fingerprint density at radius 3 is 2.45 bits per heavy atom. The van der Waals surface area contributed by atoms with E-state index < -0.39 is 0 Å². The number of hydrogen-bond acceptors (Lipinski definition) is 4. The van der Waals surface area contributed by atoms with Crippen molar-refractivity contribution >= 4 is 40.2 Å². The molecule has 7 heteroatoms. The first-order valence-corrected chi connectivity index (χ1v) is 11.0. The predicted molar refractivity (Wildman–Crippen MR) is 130 cm³/mol. The van der Waals surface area contributed by atoms with E-state index in [0.717, 1.165) is 33.4 Å². The first-order chi connectivity index (χ1) is 16.0. The zero-order valence-corrected chi connectivity index (χ0v) is 19.1. The van der Waals surface area contributed by atoms with Gasteiger partial charge in [-0.1, -0.05) is 41.4 Å². The first kappa shape index (κ1) is 21.3. The molecule has 164 valence electrons. The summed E-state index contributed by atoms with van der Waals surface area (Å²) < 4.78 is 11.6. The van der Waals surface area contributed by atoms with Crippen molar-refractivity contribution in [2.75, 3.05) is 0 Å². The Labute approximate surface area is 200 Å². The summed E-state index contributed by atoms with van der Waals surface area (Å²) in [4.78, 5) is 17.1. The number of hydrogen-bond donors (Lipinski definition) is 1. The number of oxazole rings is 1. The fraction of sp³-hybridized carbons (Fsp3) is 0.0769. The van der Waals surface area contributed by atoms with Crippen LogP contribution in [0.5, 0.6) is 0 Å². The molecular weight excluding hydrogens is 459 g/mol. The molecule has 2 heterocycles. The molecule has 0 aliphatic rings. The summed E-state index contributed by atoms with van der Waals surface area (Å²) >= 11 is 12.0. The number of carbonyl (C=O) groups is 1. The van der Waals surface area contributed by atoms with Gasteiger partial charge in [-0.3, -0.25) is 4.79 Å². The topological polar surface area (TPSA) is 68.3 Å². The van der Waals surface area contributed by atoms with E-state index in [1.807, 2.05) is 49.4 Å². The second-order valence-electron chi connectivity index (χ2n) is 7.66. The lowest BCUT2D eigenvalue weighted by molar-refractivity contribution is 0.0924. The van der Waals surface area contributed by atoms with Gasteiger partial charge in [-0.05, 0) is 72.6 Å². The van der Waals surface area contributed by atoms with Crippen LogP contribution >= 0.6 is 23.2 Å². The fourth-order valence-electron chi connectivity index (χ4n) is 3.45.